The number of likely N-dealkylation sites (N-methyl/N-ethyl adjacent to an activating group) is 1. The fraction of sp³-hybridized carbons (Fsp3) is 0.500. The van der Waals surface area contributed by atoms with Crippen LogP contribution in [0.3, 0.4) is 0 Å². The third-order valence-corrected chi connectivity index (χ3v) is 3.30. The number of carbonyl (C=O) groups is 1. The summed E-state index contributed by atoms with van der Waals surface area (Å²) in [5.74, 6) is 0.207. The first kappa shape index (κ1) is 12.1. The Balaban J connectivity index is 2.21. The van der Waals surface area contributed by atoms with Crippen molar-refractivity contribution in [3.05, 3.63) is 29.3 Å². The Hall–Kier alpha value is -1.35. The maximum Gasteiger partial charge on any atom is 0.244 e. The van der Waals surface area contributed by atoms with E-state index in [0.29, 0.717) is 0 Å². The summed E-state index contributed by atoms with van der Waals surface area (Å²) in [4.78, 5) is 14.1. The standard InChI is InChI=1S/C14H20N2O/c1-4-15-12-7-8-16(14(12)17)13-6-5-10(2)9-11(13)3/h5-6,9,12,15H,4,7-8H2,1-3H3. The van der Waals surface area contributed by atoms with Gasteiger partial charge in [0.2, 0.25) is 5.91 Å². The van der Waals surface area contributed by atoms with Crippen molar-refractivity contribution >= 4 is 11.6 Å². The molecule has 1 aromatic carbocycles. The van der Waals surface area contributed by atoms with Gasteiger partial charge < -0.3 is 10.2 Å². The molecule has 3 heteroatoms. The maximum atomic E-state index is 12.2. The van der Waals surface area contributed by atoms with Crippen LogP contribution in [0.15, 0.2) is 18.2 Å². The molecular weight excluding hydrogens is 212 g/mol. The number of nitrogens with one attached hydrogen (secondary N) is 1. The lowest BCUT2D eigenvalue weighted by molar-refractivity contribution is -0.118. The van der Waals surface area contributed by atoms with Gasteiger partial charge in [0, 0.05) is 12.2 Å². The molecule has 0 spiro atoms. The van der Waals surface area contributed by atoms with Crippen LogP contribution in [0.2, 0.25) is 0 Å². The predicted molar refractivity (Wildman–Crippen MR) is 70.4 cm³/mol. The van der Waals surface area contributed by atoms with Crippen molar-refractivity contribution in [3.8, 4) is 0 Å². The molecule has 2 rings (SSSR count). The van der Waals surface area contributed by atoms with Crippen molar-refractivity contribution in [2.24, 2.45) is 0 Å². The zero-order chi connectivity index (χ0) is 12.4. The Kier molecular flexibility index (Phi) is 3.48. The summed E-state index contributed by atoms with van der Waals surface area (Å²) in [5.41, 5.74) is 3.47. The van der Waals surface area contributed by atoms with Gasteiger partial charge in [-0.15, -0.1) is 0 Å². The molecular formula is C14H20N2O. The molecule has 1 aliphatic rings. The van der Waals surface area contributed by atoms with Gasteiger partial charge >= 0.3 is 0 Å². The lowest BCUT2D eigenvalue weighted by Gasteiger charge is -2.19. The third-order valence-electron chi connectivity index (χ3n) is 3.30. The van der Waals surface area contributed by atoms with Crippen LogP contribution in [-0.2, 0) is 4.79 Å². The average molecular weight is 232 g/mol. The Labute approximate surface area is 103 Å². The van der Waals surface area contributed by atoms with E-state index in [-0.39, 0.29) is 11.9 Å². The fourth-order valence-electron chi connectivity index (χ4n) is 2.46. The molecule has 1 amide bonds. The number of rotatable bonds is 3. The number of carbonyl (C=O) groups excluding carboxylic acids is 1. The molecule has 0 bridgehead atoms. The molecule has 0 aromatic heterocycles. The van der Waals surface area contributed by atoms with Crippen molar-refractivity contribution in [2.75, 3.05) is 18.0 Å². The molecule has 0 radical (unpaired) electrons. The van der Waals surface area contributed by atoms with Gasteiger partial charge in [-0.25, -0.2) is 0 Å². The summed E-state index contributed by atoms with van der Waals surface area (Å²) in [6.07, 6.45) is 0.903. The highest BCUT2D eigenvalue weighted by molar-refractivity contribution is 6.00. The van der Waals surface area contributed by atoms with Gasteiger partial charge in [-0.1, -0.05) is 24.6 Å². The molecule has 1 aromatic rings. The molecule has 1 aliphatic heterocycles. The van der Waals surface area contributed by atoms with Crippen LogP contribution in [0.5, 0.6) is 0 Å². The van der Waals surface area contributed by atoms with Gasteiger partial charge in [-0.05, 0) is 38.4 Å². The molecule has 1 saturated heterocycles. The molecule has 1 fully saturated rings. The number of aryl methyl sites for hydroxylation is 2. The molecule has 1 heterocycles. The van der Waals surface area contributed by atoms with Crippen molar-refractivity contribution in [3.63, 3.8) is 0 Å². The van der Waals surface area contributed by atoms with Crippen LogP contribution in [0, 0.1) is 13.8 Å². The number of hydrogen-bond acceptors (Lipinski definition) is 2. The average Bonchev–Trinajstić information content (AvgIpc) is 2.62. The Morgan fingerprint density at radius 2 is 2.18 bits per heavy atom. The lowest BCUT2D eigenvalue weighted by atomic mass is 10.1. The van der Waals surface area contributed by atoms with Crippen molar-refractivity contribution in [1.29, 1.82) is 0 Å². The van der Waals surface area contributed by atoms with E-state index in [0.717, 1.165) is 25.2 Å². The Bertz CT molecular complexity index is 428. The second-order valence-electron chi connectivity index (χ2n) is 4.68. The largest absolute Gasteiger partial charge is 0.311 e. The van der Waals surface area contributed by atoms with E-state index in [9.17, 15) is 4.79 Å². The summed E-state index contributed by atoms with van der Waals surface area (Å²) >= 11 is 0. The molecule has 0 saturated carbocycles. The van der Waals surface area contributed by atoms with Gasteiger partial charge in [0.05, 0.1) is 6.04 Å². The van der Waals surface area contributed by atoms with Gasteiger partial charge in [-0.2, -0.15) is 0 Å². The Morgan fingerprint density at radius 3 is 2.82 bits per heavy atom. The van der Waals surface area contributed by atoms with Crippen molar-refractivity contribution in [2.45, 2.75) is 33.2 Å². The van der Waals surface area contributed by atoms with Crippen LogP contribution < -0.4 is 10.2 Å². The number of hydrogen-bond donors (Lipinski definition) is 1. The number of benzene rings is 1. The van der Waals surface area contributed by atoms with E-state index in [1.54, 1.807) is 0 Å². The normalized spacial score (nSPS) is 20.1. The maximum absolute atomic E-state index is 12.2. The summed E-state index contributed by atoms with van der Waals surface area (Å²) in [6.45, 7) is 7.84. The van der Waals surface area contributed by atoms with Gasteiger partial charge in [-0.3, -0.25) is 4.79 Å². The lowest BCUT2D eigenvalue weighted by Crippen LogP contribution is -2.38. The molecule has 1 unspecified atom stereocenters. The first-order valence-corrected chi connectivity index (χ1v) is 6.25. The zero-order valence-corrected chi connectivity index (χ0v) is 10.8. The minimum Gasteiger partial charge on any atom is -0.311 e. The van der Waals surface area contributed by atoms with Gasteiger partial charge in [0.1, 0.15) is 0 Å². The monoisotopic (exact) mass is 232 g/mol. The van der Waals surface area contributed by atoms with E-state index in [1.165, 1.54) is 11.1 Å². The van der Waals surface area contributed by atoms with E-state index >= 15 is 0 Å². The van der Waals surface area contributed by atoms with Gasteiger partial charge in [0.25, 0.3) is 0 Å². The van der Waals surface area contributed by atoms with E-state index in [2.05, 4.69) is 37.4 Å². The van der Waals surface area contributed by atoms with E-state index in [4.69, 9.17) is 0 Å². The number of amides is 1. The van der Waals surface area contributed by atoms with E-state index in [1.807, 2.05) is 11.8 Å². The van der Waals surface area contributed by atoms with Crippen LogP contribution in [0.4, 0.5) is 5.69 Å². The second-order valence-corrected chi connectivity index (χ2v) is 4.68. The fourth-order valence-corrected chi connectivity index (χ4v) is 2.46. The topological polar surface area (TPSA) is 32.3 Å². The summed E-state index contributed by atoms with van der Waals surface area (Å²) in [5, 5.41) is 3.23. The van der Waals surface area contributed by atoms with Crippen LogP contribution in [-0.4, -0.2) is 25.0 Å². The zero-order valence-electron chi connectivity index (χ0n) is 10.8. The van der Waals surface area contributed by atoms with Crippen molar-refractivity contribution < 1.29 is 4.79 Å². The first-order valence-electron chi connectivity index (χ1n) is 6.25. The Morgan fingerprint density at radius 1 is 1.41 bits per heavy atom. The second kappa shape index (κ2) is 4.88. The summed E-state index contributed by atoms with van der Waals surface area (Å²) in [6, 6.07) is 6.25. The third kappa shape index (κ3) is 2.34. The first-order chi connectivity index (χ1) is 8.13. The molecule has 0 aliphatic carbocycles. The minimum atomic E-state index is 0.000651. The number of nitrogens with zero attached hydrogens (tertiary/aromatic N) is 1. The molecule has 92 valence electrons. The highest BCUT2D eigenvalue weighted by Crippen LogP contribution is 2.25. The van der Waals surface area contributed by atoms with Crippen LogP contribution >= 0.6 is 0 Å². The summed E-state index contributed by atoms with van der Waals surface area (Å²) in [7, 11) is 0. The molecule has 3 nitrogen and oxygen atoms in total. The molecule has 1 N–H and O–H groups in total. The minimum absolute atomic E-state index is 0.000651. The van der Waals surface area contributed by atoms with Crippen molar-refractivity contribution in [1.82, 2.24) is 5.32 Å². The van der Waals surface area contributed by atoms with E-state index < -0.39 is 0 Å². The summed E-state index contributed by atoms with van der Waals surface area (Å²) < 4.78 is 0. The van der Waals surface area contributed by atoms with Crippen LogP contribution in [0.1, 0.15) is 24.5 Å². The SMILES string of the molecule is CCNC1CCN(c2ccc(C)cc2C)C1=O. The highest BCUT2D eigenvalue weighted by Gasteiger charge is 2.32. The van der Waals surface area contributed by atoms with Crippen LogP contribution in [0.25, 0.3) is 0 Å². The number of anilines is 1. The molecule has 1 atom stereocenters. The smallest absolute Gasteiger partial charge is 0.244 e. The highest BCUT2D eigenvalue weighted by atomic mass is 16.2. The predicted octanol–water partition coefficient (Wildman–Crippen LogP) is 2.02. The quantitative estimate of drug-likeness (QED) is 0.864. The molecule has 17 heavy (non-hydrogen) atoms. The van der Waals surface area contributed by atoms with Gasteiger partial charge in [0.15, 0.2) is 0 Å².